The van der Waals surface area contributed by atoms with Crippen molar-refractivity contribution in [2.24, 2.45) is 0 Å². The first-order valence-corrected chi connectivity index (χ1v) is 8.80. The highest BCUT2D eigenvalue weighted by atomic mass is 16.6. The molecule has 138 valence electrons. The van der Waals surface area contributed by atoms with Crippen molar-refractivity contribution in [3.8, 4) is 0 Å². The van der Waals surface area contributed by atoms with Crippen molar-refractivity contribution in [1.82, 2.24) is 20.0 Å². The van der Waals surface area contributed by atoms with Gasteiger partial charge in [0.1, 0.15) is 5.60 Å². The first kappa shape index (κ1) is 18.1. The van der Waals surface area contributed by atoms with E-state index in [1.54, 1.807) is 23.4 Å². The molecule has 0 radical (unpaired) electrons. The Kier molecular flexibility index (Phi) is 5.35. The number of carbonyl (C=O) groups is 1. The topological polar surface area (TPSA) is 81.4 Å². The van der Waals surface area contributed by atoms with Crippen LogP contribution >= 0.6 is 0 Å². The Hall–Kier alpha value is -2.70. The third kappa shape index (κ3) is 4.91. The van der Waals surface area contributed by atoms with Gasteiger partial charge in [-0.3, -0.25) is 4.98 Å². The number of hydrogen-bond donors (Lipinski definition) is 0. The number of likely N-dealkylation sites (tertiary alicyclic amines) is 1. The predicted molar refractivity (Wildman–Crippen MR) is 97.2 cm³/mol. The largest absolute Gasteiger partial charge is 0.444 e. The molecule has 0 saturated carbocycles. The van der Waals surface area contributed by atoms with E-state index in [0.29, 0.717) is 24.8 Å². The molecule has 1 saturated heterocycles. The second-order valence-corrected chi connectivity index (χ2v) is 7.35. The second-order valence-electron chi connectivity index (χ2n) is 7.35. The quantitative estimate of drug-likeness (QED) is 0.833. The minimum Gasteiger partial charge on any atom is -0.444 e. The van der Waals surface area contributed by atoms with Gasteiger partial charge in [-0.1, -0.05) is 11.2 Å². The fraction of sp³-hybridized carbons (Fsp3) is 0.474. The zero-order chi connectivity index (χ0) is 18.6. The summed E-state index contributed by atoms with van der Waals surface area (Å²) in [5, 5.41) is 4.09. The third-order valence-electron chi connectivity index (χ3n) is 4.07. The van der Waals surface area contributed by atoms with Gasteiger partial charge in [-0.25, -0.2) is 4.79 Å². The maximum Gasteiger partial charge on any atom is 0.410 e. The number of amides is 1. The maximum atomic E-state index is 12.1. The smallest absolute Gasteiger partial charge is 0.410 e. The minimum absolute atomic E-state index is 0.193. The highest BCUT2D eigenvalue weighted by Gasteiger charge is 2.29. The second kappa shape index (κ2) is 7.68. The summed E-state index contributed by atoms with van der Waals surface area (Å²) >= 11 is 0. The predicted octanol–water partition coefficient (Wildman–Crippen LogP) is 3.75. The van der Waals surface area contributed by atoms with Crippen molar-refractivity contribution in [3.05, 3.63) is 41.8 Å². The fourth-order valence-electron chi connectivity index (χ4n) is 2.77. The van der Waals surface area contributed by atoms with Gasteiger partial charge in [0.2, 0.25) is 0 Å². The number of ether oxygens (including phenoxy) is 1. The molecule has 1 aliphatic rings. The van der Waals surface area contributed by atoms with Crippen LogP contribution in [-0.2, 0) is 4.74 Å². The Morgan fingerprint density at radius 1 is 1.31 bits per heavy atom. The van der Waals surface area contributed by atoms with E-state index in [1.165, 1.54) is 0 Å². The summed E-state index contributed by atoms with van der Waals surface area (Å²) in [6.07, 6.45) is 8.49. The average Bonchev–Trinajstić information content (AvgIpc) is 3.08. The first-order chi connectivity index (χ1) is 12.4. The first-order valence-electron chi connectivity index (χ1n) is 8.80. The normalized spacial score (nSPS) is 16.2. The average molecular weight is 356 g/mol. The van der Waals surface area contributed by atoms with Crippen LogP contribution in [0.3, 0.4) is 0 Å². The molecule has 0 unspecified atom stereocenters. The van der Waals surface area contributed by atoms with Gasteiger partial charge in [0, 0.05) is 37.5 Å². The molecule has 1 amide bonds. The van der Waals surface area contributed by atoms with E-state index in [0.717, 1.165) is 18.4 Å². The molecule has 7 nitrogen and oxygen atoms in total. The lowest BCUT2D eigenvalue weighted by Gasteiger charge is -2.32. The van der Waals surface area contributed by atoms with E-state index in [1.807, 2.05) is 39.0 Å². The molecule has 3 heterocycles. The molecular formula is C19H24N4O3. The monoisotopic (exact) mass is 356 g/mol. The molecule has 2 aromatic heterocycles. The van der Waals surface area contributed by atoms with Crippen molar-refractivity contribution in [1.29, 1.82) is 0 Å². The number of hydrogen-bond acceptors (Lipinski definition) is 6. The summed E-state index contributed by atoms with van der Waals surface area (Å²) in [4.78, 5) is 22.4. The number of nitrogens with zero attached hydrogens (tertiary/aromatic N) is 4. The van der Waals surface area contributed by atoms with Crippen LogP contribution in [0.2, 0.25) is 0 Å². The minimum atomic E-state index is -0.475. The summed E-state index contributed by atoms with van der Waals surface area (Å²) in [5.41, 5.74) is 0.495. The Labute approximate surface area is 153 Å². The van der Waals surface area contributed by atoms with Gasteiger partial charge in [0.05, 0.1) is 0 Å². The molecule has 1 aliphatic heterocycles. The molecular weight excluding hydrogens is 332 g/mol. The molecule has 0 aromatic carbocycles. The molecule has 26 heavy (non-hydrogen) atoms. The van der Waals surface area contributed by atoms with Crippen molar-refractivity contribution in [2.75, 3.05) is 13.1 Å². The van der Waals surface area contributed by atoms with Gasteiger partial charge in [0.15, 0.2) is 5.82 Å². The Balaban J connectivity index is 1.55. The van der Waals surface area contributed by atoms with Crippen LogP contribution in [0.15, 0.2) is 29.0 Å². The van der Waals surface area contributed by atoms with Crippen LogP contribution in [0.1, 0.15) is 56.8 Å². The van der Waals surface area contributed by atoms with Crippen LogP contribution < -0.4 is 0 Å². The molecule has 7 heteroatoms. The van der Waals surface area contributed by atoms with Gasteiger partial charge in [0.25, 0.3) is 5.89 Å². The van der Waals surface area contributed by atoms with Gasteiger partial charge in [-0.15, -0.1) is 0 Å². The zero-order valence-corrected chi connectivity index (χ0v) is 15.4. The SMILES string of the molecule is CC(C)(C)OC(=O)N1CCC(c2noc(/C=C/c3cccnc3)n2)CC1. The molecule has 0 bridgehead atoms. The van der Waals surface area contributed by atoms with Gasteiger partial charge >= 0.3 is 6.09 Å². The van der Waals surface area contributed by atoms with Gasteiger partial charge in [-0.05, 0) is 51.3 Å². The van der Waals surface area contributed by atoms with E-state index >= 15 is 0 Å². The third-order valence-corrected chi connectivity index (χ3v) is 4.07. The summed E-state index contributed by atoms with van der Waals surface area (Å²) in [6.45, 7) is 6.89. The number of aromatic nitrogens is 3. The van der Waals surface area contributed by atoms with Crippen LogP contribution in [0.5, 0.6) is 0 Å². The van der Waals surface area contributed by atoms with Gasteiger partial charge < -0.3 is 14.2 Å². The lowest BCUT2D eigenvalue weighted by Crippen LogP contribution is -2.41. The summed E-state index contributed by atoms with van der Waals surface area (Å²) in [5.74, 6) is 1.36. The zero-order valence-electron chi connectivity index (χ0n) is 15.4. The van der Waals surface area contributed by atoms with Crippen LogP contribution in [0.4, 0.5) is 4.79 Å². The van der Waals surface area contributed by atoms with Crippen LogP contribution in [-0.4, -0.2) is 44.8 Å². The van der Waals surface area contributed by atoms with E-state index in [4.69, 9.17) is 9.26 Å². The number of carbonyl (C=O) groups excluding carboxylic acids is 1. The van der Waals surface area contributed by atoms with Crippen LogP contribution in [0, 0.1) is 0 Å². The highest BCUT2D eigenvalue weighted by Crippen LogP contribution is 2.27. The number of rotatable bonds is 3. The van der Waals surface area contributed by atoms with Crippen molar-refractivity contribution >= 4 is 18.2 Å². The lowest BCUT2D eigenvalue weighted by atomic mass is 9.96. The Bertz CT molecular complexity index is 757. The number of piperidine rings is 1. The highest BCUT2D eigenvalue weighted by molar-refractivity contribution is 5.68. The summed E-state index contributed by atoms with van der Waals surface area (Å²) < 4.78 is 10.7. The van der Waals surface area contributed by atoms with E-state index in [2.05, 4.69) is 15.1 Å². The fourth-order valence-corrected chi connectivity index (χ4v) is 2.77. The molecule has 0 aliphatic carbocycles. The molecule has 0 N–H and O–H groups in total. The van der Waals surface area contributed by atoms with Crippen molar-refractivity contribution in [3.63, 3.8) is 0 Å². The van der Waals surface area contributed by atoms with Gasteiger partial charge in [-0.2, -0.15) is 4.98 Å². The van der Waals surface area contributed by atoms with E-state index in [-0.39, 0.29) is 12.0 Å². The van der Waals surface area contributed by atoms with Crippen LogP contribution in [0.25, 0.3) is 12.2 Å². The molecule has 1 fully saturated rings. The molecule has 3 rings (SSSR count). The standard InChI is InChI=1S/C19H24N4O3/c1-19(2,3)25-18(24)23-11-8-15(9-12-23)17-21-16(26-22-17)7-6-14-5-4-10-20-13-14/h4-7,10,13,15H,8-9,11-12H2,1-3H3/b7-6+. The lowest BCUT2D eigenvalue weighted by molar-refractivity contribution is 0.0203. The summed E-state index contributed by atoms with van der Waals surface area (Å²) in [6, 6.07) is 3.82. The molecule has 0 atom stereocenters. The Morgan fingerprint density at radius 3 is 2.73 bits per heavy atom. The van der Waals surface area contributed by atoms with E-state index in [9.17, 15) is 4.79 Å². The summed E-state index contributed by atoms with van der Waals surface area (Å²) in [7, 11) is 0. The maximum absolute atomic E-state index is 12.1. The molecule has 0 spiro atoms. The molecule has 2 aromatic rings. The van der Waals surface area contributed by atoms with E-state index < -0.39 is 5.60 Å². The Morgan fingerprint density at radius 2 is 2.08 bits per heavy atom. The van der Waals surface area contributed by atoms with Crippen molar-refractivity contribution < 1.29 is 14.1 Å². The van der Waals surface area contributed by atoms with Crippen molar-refractivity contribution in [2.45, 2.75) is 45.1 Å². The number of pyridine rings is 1.